The van der Waals surface area contributed by atoms with Crippen molar-refractivity contribution in [3.05, 3.63) is 35.7 Å². The third-order valence-corrected chi connectivity index (χ3v) is 6.85. The van der Waals surface area contributed by atoms with E-state index in [1.54, 1.807) is 29.8 Å². The molecule has 25 heavy (non-hydrogen) atoms. The molecule has 0 aliphatic carbocycles. The van der Waals surface area contributed by atoms with Gasteiger partial charge in [-0.15, -0.1) is 10.2 Å². The Morgan fingerprint density at radius 2 is 2.12 bits per heavy atom. The van der Waals surface area contributed by atoms with Gasteiger partial charge in [-0.3, -0.25) is 0 Å². The van der Waals surface area contributed by atoms with Gasteiger partial charge in [0.25, 0.3) is 0 Å². The molecular formula is C15H17F2N3O3S2. The van der Waals surface area contributed by atoms with Gasteiger partial charge in [0.2, 0.25) is 0 Å². The molecule has 2 aromatic rings. The van der Waals surface area contributed by atoms with Crippen molar-refractivity contribution in [1.29, 1.82) is 0 Å². The molecule has 0 saturated carbocycles. The summed E-state index contributed by atoms with van der Waals surface area (Å²) in [5, 5.41) is 8.83. The molecule has 0 radical (unpaired) electrons. The molecule has 0 amide bonds. The van der Waals surface area contributed by atoms with Gasteiger partial charge in [-0.05, 0) is 12.5 Å². The van der Waals surface area contributed by atoms with Gasteiger partial charge in [0.15, 0.2) is 15.0 Å². The number of thioether (sulfide) groups is 1. The second kappa shape index (κ2) is 7.28. The number of para-hydroxylation sites is 1. The maximum atomic E-state index is 12.5. The maximum absolute atomic E-state index is 12.5. The molecule has 1 atom stereocenters. The lowest BCUT2D eigenvalue weighted by molar-refractivity contribution is -0.0503. The Hall–Kier alpha value is -1.68. The molecule has 3 rings (SSSR count). The van der Waals surface area contributed by atoms with Crippen LogP contribution in [0.2, 0.25) is 0 Å². The summed E-state index contributed by atoms with van der Waals surface area (Å²) in [4.78, 5) is 0. The summed E-state index contributed by atoms with van der Waals surface area (Å²) in [7, 11) is -1.22. The molecule has 1 unspecified atom stereocenters. The quantitative estimate of drug-likeness (QED) is 0.707. The number of halogens is 2. The van der Waals surface area contributed by atoms with E-state index in [4.69, 9.17) is 0 Å². The van der Waals surface area contributed by atoms with Gasteiger partial charge in [0.05, 0.1) is 11.5 Å². The third-order valence-electron chi connectivity index (χ3n) is 4.01. The third kappa shape index (κ3) is 4.30. The first-order chi connectivity index (χ1) is 11.9. The molecule has 10 heteroatoms. The molecular weight excluding hydrogens is 372 g/mol. The van der Waals surface area contributed by atoms with Crippen LogP contribution in [0.25, 0.3) is 0 Å². The molecule has 136 valence electrons. The molecule has 1 aromatic heterocycles. The zero-order chi connectivity index (χ0) is 18.0. The zero-order valence-corrected chi connectivity index (χ0v) is 15.1. The fourth-order valence-electron chi connectivity index (χ4n) is 2.78. The van der Waals surface area contributed by atoms with Gasteiger partial charge in [-0.2, -0.15) is 8.78 Å². The fraction of sp³-hybridized carbons (Fsp3) is 0.467. The van der Waals surface area contributed by atoms with Gasteiger partial charge in [-0.1, -0.05) is 30.0 Å². The molecule has 0 N–H and O–H groups in total. The highest BCUT2D eigenvalue weighted by molar-refractivity contribution is 7.98. The molecule has 1 saturated heterocycles. The Balaban J connectivity index is 1.71. The Kier molecular flexibility index (Phi) is 5.28. The van der Waals surface area contributed by atoms with Crippen molar-refractivity contribution >= 4 is 21.6 Å². The Morgan fingerprint density at radius 3 is 2.80 bits per heavy atom. The second-order valence-corrected chi connectivity index (χ2v) is 8.95. The molecule has 1 aromatic carbocycles. The van der Waals surface area contributed by atoms with E-state index in [1.807, 2.05) is 0 Å². The smallest absolute Gasteiger partial charge is 0.387 e. The summed E-state index contributed by atoms with van der Waals surface area (Å²) >= 11 is 1.34. The van der Waals surface area contributed by atoms with Crippen molar-refractivity contribution in [2.45, 2.75) is 29.9 Å². The standard InChI is InChI=1S/C15H17F2N3O3S2/c1-20-13(11-6-7-25(21,22)9-11)18-19-15(20)24-8-10-4-2-3-5-12(10)23-14(16)17/h2-5,11,14H,6-9H2,1H3. The van der Waals surface area contributed by atoms with Crippen LogP contribution < -0.4 is 4.74 Å². The number of aromatic nitrogens is 3. The van der Waals surface area contributed by atoms with Gasteiger partial charge < -0.3 is 9.30 Å². The first-order valence-electron chi connectivity index (χ1n) is 7.61. The van der Waals surface area contributed by atoms with Crippen LogP contribution in [0.1, 0.15) is 23.7 Å². The highest BCUT2D eigenvalue weighted by atomic mass is 32.2. The second-order valence-electron chi connectivity index (χ2n) is 5.77. The SMILES string of the molecule is Cn1c(SCc2ccccc2OC(F)F)nnc1C1CCS(=O)(=O)C1. The van der Waals surface area contributed by atoms with E-state index >= 15 is 0 Å². The van der Waals surface area contributed by atoms with E-state index < -0.39 is 16.4 Å². The fourth-order valence-corrected chi connectivity index (χ4v) is 5.43. The van der Waals surface area contributed by atoms with Crippen LogP contribution in [0.3, 0.4) is 0 Å². The predicted octanol–water partition coefficient (Wildman–Crippen LogP) is 2.61. The van der Waals surface area contributed by atoms with Crippen LogP contribution >= 0.6 is 11.8 Å². The van der Waals surface area contributed by atoms with Crippen molar-refractivity contribution in [2.24, 2.45) is 7.05 Å². The number of alkyl halides is 2. The van der Waals surface area contributed by atoms with Crippen molar-refractivity contribution in [3.63, 3.8) is 0 Å². The first-order valence-corrected chi connectivity index (χ1v) is 10.4. The number of benzene rings is 1. The highest BCUT2D eigenvalue weighted by Gasteiger charge is 2.32. The molecule has 0 spiro atoms. The van der Waals surface area contributed by atoms with Crippen molar-refractivity contribution in [3.8, 4) is 5.75 Å². The van der Waals surface area contributed by atoms with Crippen molar-refractivity contribution in [2.75, 3.05) is 11.5 Å². The van der Waals surface area contributed by atoms with E-state index in [9.17, 15) is 17.2 Å². The van der Waals surface area contributed by atoms with E-state index in [1.165, 1.54) is 17.8 Å². The number of sulfone groups is 1. The minimum absolute atomic E-state index is 0.0920. The molecule has 2 heterocycles. The van der Waals surface area contributed by atoms with Gasteiger partial charge >= 0.3 is 6.61 Å². The zero-order valence-electron chi connectivity index (χ0n) is 13.4. The highest BCUT2D eigenvalue weighted by Crippen LogP contribution is 2.31. The number of hydrogen-bond acceptors (Lipinski definition) is 6. The average molecular weight is 389 g/mol. The van der Waals surface area contributed by atoms with Crippen LogP contribution in [0.4, 0.5) is 8.78 Å². The Bertz CT molecular complexity index is 855. The van der Waals surface area contributed by atoms with E-state index in [0.717, 1.165) is 0 Å². The summed E-state index contributed by atoms with van der Waals surface area (Å²) in [6.45, 7) is -2.88. The van der Waals surface area contributed by atoms with E-state index in [-0.39, 0.29) is 23.2 Å². The molecule has 1 aliphatic rings. The van der Waals surface area contributed by atoms with Gasteiger partial charge in [0, 0.05) is 24.3 Å². The lowest BCUT2D eigenvalue weighted by Crippen LogP contribution is -2.09. The summed E-state index contributed by atoms with van der Waals surface area (Å²) in [6, 6.07) is 6.59. The lowest BCUT2D eigenvalue weighted by Gasteiger charge is -2.10. The van der Waals surface area contributed by atoms with E-state index in [2.05, 4.69) is 14.9 Å². The molecule has 6 nitrogen and oxygen atoms in total. The lowest BCUT2D eigenvalue weighted by atomic mass is 10.1. The Morgan fingerprint density at radius 1 is 1.36 bits per heavy atom. The van der Waals surface area contributed by atoms with Gasteiger partial charge in [-0.25, -0.2) is 8.42 Å². The predicted molar refractivity (Wildman–Crippen MR) is 89.6 cm³/mol. The molecule has 0 bridgehead atoms. The number of ether oxygens (including phenoxy) is 1. The molecule has 1 aliphatic heterocycles. The normalized spacial score (nSPS) is 19.4. The van der Waals surface area contributed by atoms with Crippen LogP contribution in [0, 0.1) is 0 Å². The maximum Gasteiger partial charge on any atom is 0.387 e. The van der Waals surface area contributed by atoms with Crippen molar-refractivity contribution in [1.82, 2.24) is 14.8 Å². The monoisotopic (exact) mass is 389 g/mol. The van der Waals surface area contributed by atoms with Crippen LogP contribution in [-0.2, 0) is 22.6 Å². The summed E-state index contributed by atoms with van der Waals surface area (Å²) < 4.78 is 54.5. The van der Waals surface area contributed by atoms with Gasteiger partial charge in [0.1, 0.15) is 11.6 Å². The average Bonchev–Trinajstić information content (AvgIpc) is 3.08. The van der Waals surface area contributed by atoms with Crippen LogP contribution in [-0.4, -0.2) is 41.3 Å². The van der Waals surface area contributed by atoms with Crippen molar-refractivity contribution < 1.29 is 21.9 Å². The summed E-state index contributed by atoms with van der Waals surface area (Å²) in [6.07, 6.45) is 0.546. The minimum atomic E-state index is -3.00. The Labute approximate surface area is 148 Å². The number of hydrogen-bond donors (Lipinski definition) is 0. The summed E-state index contributed by atoms with van der Waals surface area (Å²) in [5.41, 5.74) is 0.626. The largest absolute Gasteiger partial charge is 0.435 e. The minimum Gasteiger partial charge on any atom is -0.435 e. The molecule has 1 fully saturated rings. The van der Waals surface area contributed by atoms with E-state index in [0.29, 0.717) is 28.7 Å². The summed E-state index contributed by atoms with van der Waals surface area (Å²) in [5.74, 6) is 1.28. The van der Waals surface area contributed by atoms with Crippen LogP contribution in [0.15, 0.2) is 29.4 Å². The topological polar surface area (TPSA) is 74.1 Å². The van der Waals surface area contributed by atoms with Crippen LogP contribution in [0.5, 0.6) is 5.75 Å². The number of rotatable bonds is 6. The first kappa shape index (κ1) is 18.1. The number of nitrogens with zero attached hydrogens (tertiary/aromatic N) is 3.